The van der Waals surface area contributed by atoms with Gasteiger partial charge in [0.05, 0.1) is 24.5 Å². The second-order valence-corrected chi connectivity index (χ2v) is 7.72. The van der Waals surface area contributed by atoms with E-state index in [0.717, 1.165) is 12.8 Å². The highest BCUT2D eigenvalue weighted by Crippen LogP contribution is 2.34. The van der Waals surface area contributed by atoms with Crippen LogP contribution in [0.15, 0.2) is 36.9 Å². The van der Waals surface area contributed by atoms with Crippen LogP contribution in [0.5, 0.6) is 5.75 Å². The minimum atomic E-state index is -0.784. The van der Waals surface area contributed by atoms with E-state index in [4.69, 9.17) is 16.2 Å². The predicted octanol–water partition coefficient (Wildman–Crippen LogP) is 0.973. The van der Waals surface area contributed by atoms with Crippen molar-refractivity contribution >= 4 is 22.9 Å². The van der Waals surface area contributed by atoms with Gasteiger partial charge in [-0.3, -0.25) is 4.79 Å². The van der Waals surface area contributed by atoms with Gasteiger partial charge in [-0.1, -0.05) is 6.07 Å². The van der Waals surface area contributed by atoms with Crippen LogP contribution in [-0.4, -0.2) is 67.8 Å². The molecule has 2 heterocycles. The zero-order valence-corrected chi connectivity index (χ0v) is 17.4. The summed E-state index contributed by atoms with van der Waals surface area (Å²) in [5.41, 5.74) is 13.0. The molecule has 1 aromatic carbocycles. The molecule has 1 aliphatic carbocycles. The smallest absolute Gasteiger partial charge is 0.254 e. The summed E-state index contributed by atoms with van der Waals surface area (Å²) >= 11 is 0. The molecule has 1 fully saturated rings. The maximum Gasteiger partial charge on any atom is 0.254 e. The lowest BCUT2D eigenvalue weighted by Gasteiger charge is -2.40. The number of amides is 1. The number of likely N-dealkylation sites (N-methyl/N-ethyl adjacent to an activating group) is 1. The average Bonchev–Trinajstić information content (AvgIpc) is 3.22. The molecule has 31 heavy (non-hydrogen) atoms. The Morgan fingerprint density at radius 2 is 2.16 bits per heavy atom. The second kappa shape index (κ2) is 8.86. The molecular formula is C21H27N7O3. The first-order valence-electron chi connectivity index (χ1n) is 10.3. The molecule has 10 nitrogen and oxygen atoms in total. The Bertz CT molecular complexity index is 1070. The van der Waals surface area contributed by atoms with Gasteiger partial charge in [0.25, 0.3) is 5.91 Å². The Hall–Kier alpha value is -3.24. The van der Waals surface area contributed by atoms with Crippen LogP contribution in [0.2, 0.25) is 0 Å². The number of carbonyl (C=O) groups is 1. The Balaban J connectivity index is 1.55. The fourth-order valence-electron chi connectivity index (χ4n) is 4.22. The molecule has 0 unspecified atom stereocenters. The quantitative estimate of drug-likeness (QED) is 0.530. The largest absolute Gasteiger partial charge is 0.492 e. The molecular weight excluding hydrogens is 398 g/mol. The number of rotatable bonds is 6. The number of aliphatic hydroxyl groups is 1. The third-order valence-corrected chi connectivity index (χ3v) is 5.82. The lowest BCUT2D eigenvalue weighted by Crippen LogP contribution is -2.50. The number of nitrogen functional groups attached to an aromatic ring is 1. The molecule has 1 aliphatic rings. The van der Waals surface area contributed by atoms with E-state index in [0.29, 0.717) is 47.9 Å². The highest BCUT2D eigenvalue weighted by molar-refractivity contribution is 5.94. The van der Waals surface area contributed by atoms with Gasteiger partial charge in [-0.2, -0.15) is 0 Å². The highest BCUT2D eigenvalue weighted by Gasteiger charge is 2.38. The number of anilines is 1. The van der Waals surface area contributed by atoms with Gasteiger partial charge in [0, 0.05) is 19.2 Å². The van der Waals surface area contributed by atoms with Crippen molar-refractivity contribution in [2.75, 3.05) is 25.9 Å². The van der Waals surface area contributed by atoms with Crippen molar-refractivity contribution in [3.05, 3.63) is 42.5 Å². The Morgan fingerprint density at radius 1 is 1.32 bits per heavy atom. The van der Waals surface area contributed by atoms with E-state index in [2.05, 4.69) is 15.0 Å². The number of carbonyl (C=O) groups excluding carboxylic acids is 1. The lowest BCUT2D eigenvalue weighted by molar-refractivity contribution is 0.0000746. The zero-order valence-electron chi connectivity index (χ0n) is 17.4. The van der Waals surface area contributed by atoms with Gasteiger partial charge < -0.3 is 30.8 Å². The minimum absolute atomic E-state index is 0.176. The molecule has 2 aromatic heterocycles. The Labute approximate surface area is 179 Å². The number of benzene rings is 1. The minimum Gasteiger partial charge on any atom is -0.492 e. The third-order valence-electron chi connectivity index (χ3n) is 5.82. The number of aromatic nitrogens is 4. The first-order valence-corrected chi connectivity index (χ1v) is 10.3. The fraction of sp³-hybridized carbons (Fsp3) is 0.429. The van der Waals surface area contributed by atoms with Crippen LogP contribution in [0.25, 0.3) is 11.2 Å². The van der Waals surface area contributed by atoms with Crippen LogP contribution < -0.4 is 16.2 Å². The van der Waals surface area contributed by atoms with Crippen molar-refractivity contribution in [1.29, 1.82) is 0 Å². The van der Waals surface area contributed by atoms with Crippen LogP contribution in [0.4, 0.5) is 5.82 Å². The molecule has 3 aromatic rings. The summed E-state index contributed by atoms with van der Waals surface area (Å²) in [6.07, 6.45) is 4.53. The van der Waals surface area contributed by atoms with E-state index in [9.17, 15) is 9.90 Å². The summed E-state index contributed by atoms with van der Waals surface area (Å²) in [7, 11) is 1.72. The van der Waals surface area contributed by atoms with Gasteiger partial charge >= 0.3 is 0 Å². The number of nitrogens with two attached hydrogens (primary N) is 2. The standard InChI is InChI=1S/C21H27N7O3/c1-27(21(30)13-4-2-5-14(10-13)31-9-8-22)15-6-3-7-16(18(15)29)28-12-26-17-19(23)24-11-25-20(17)28/h2,4-5,10-12,15-16,18,29H,3,6-9,22H2,1H3,(H2,23,24,25)/t15-,16-,18-/m0/s1. The topological polar surface area (TPSA) is 145 Å². The van der Waals surface area contributed by atoms with Gasteiger partial charge in [0.2, 0.25) is 0 Å². The zero-order chi connectivity index (χ0) is 22.0. The SMILES string of the molecule is CN(C(=O)c1cccc(OCCN)c1)[C@H]1CCC[C@H](n2cnc3c(N)ncnc32)[C@H]1O. The number of aliphatic hydroxyl groups excluding tert-OH is 1. The van der Waals surface area contributed by atoms with Crippen molar-refractivity contribution in [3.63, 3.8) is 0 Å². The maximum atomic E-state index is 13.1. The van der Waals surface area contributed by atoms with E-state index in [1.54, 1.807) is 42.5 Å². The van der Waals surface area contributed by atoms with Crippen LogP contribution in [0.3, 0.4) is 0 Å². The van der Waals surface area contributed by atoms with Crippen LogP contribution in [0, 0.1) is 0 Å². The number of ether oxygens (including phenoxy) is 1. The lowest BCUT2D eigenvalue weighted by atomic mass is 9.86. The fourth-order valence-corrected chi connectivity index (χ4v) is 4.22. The van der Waals surface area contributed by atoms with Crippen LogP contribution in [-0.2, 0) is 0 Å². The van der Waals surface area contributed by atoms with Gasteiger partial charge in [-0.25, -0.2) is 15.0 Å². The van der Waals surface area contributed by atoms with Crippen molar-refractivity contribution in [2.24, 2.45) is 5.73 Å². The molecule has 5 N–H and O–H groups in total. The van der Waals surface area contributed by atoms with Crippen molar-refractivity contribution < 1.29 is 14.6 Å². The summed E-state index contributed by atoms with van der Waals surface area (Å²) in [6, 6.07) is 6.38. The molecule has 0 spiro atoms. The number of fused-ring (bicyclic) bond motifs is 1. The van der Waals surface area contributed by atoms with Crippen molar-refractivity contribution in [1.82, 2.24) is 24.4 Å². The molecule has 1 amide bonds. The van der Waals surface area contributed by atoms with E-state index < -0.39 is 6.10 Å². The number of hydrogen-bond donors (Lipinski definition) is 3. The predicted molar refractivity (Wildman–Crippen MR) is 116 cm³/mol. The van der Waals surface area contributed by atoms with Crippen LogP contribution >= 0.6 is 0 Å². The second-order valence-electron chi connectivity index (χ2n) is 7.72. The molecule has 0 bridgehead atoms. The molecule has 1 saturated carbocycles. The Kier molecular flexibility index (Phi) is 6.01. The van der Waals surface area contributed by atoms with E-state index in [1.807, 2.05) is 4.57 Å². The maximum absolute atomic E-state index is 13.1. The monoisotopic (exact) mass is 425 g/mol. The molecule has 0 radical (unpaired) electrons. The molecule has 10 heteroatoms. The number of hydrogen-bond acceptors (Lipinski definition) is 8. The van der Waals surface area contributed by atoms with E-state index in [-0.39, 0.29) is 18.0 Å². The number of imidazole rings is 1. The van der Waals surface area contributed by atoms with Gasteiger partial charge in [-0.05, 0) is 37.5 Å². The van der Waals surface area contributed by atoms with E-state index >= 15 is 0 Å². The summed E-state index contributed by atoms with van der Waals surface area (Å²) in [4.78, 5) is 27.3. The first-order chi connectivity index (χ1) is 15.0. The number of nitrogens with zero attached hydrogens (tertiary/aromatic N) is 5. The molecule has 3 atom stereocenters. The van der Waals surface area contributed by atoms with Gasteiger partial charge in [0.1, 0.15) is 24.2 Å². The molecule has 164 valence electrons. The highest BCUT2D eigenvalue weighted by atomic mass is 16.5. The summed E-state index contributed by atoms with van der Waals surface area (Å²) in [5, 5.41) is 11.2. The van der Waals surface area contributed by atoms with Gasteiger partial charge in [-0.15, -0.1) is 0 Å². The van der Waals surface area contributed by atoms with E-state index in [1.165, 1.54) is 6.33 Å². The summed E-state index contributed by atoms with van der Waals surface area (Å²) in [6.45, 7) is 0.774. The summed E-state index contributed by atoms with van der Waals surface area (Å²) in [5.74, 6) is 0.716. The molecule has 4 rings (SSSR count). The van der Waals surface area contributed by atoms with Gasteiger partial charge in [0.15, 0.2) is 11.5 Å². The average molecular weight is 425 g/mol. The normalized spacial score (nSPS) is 21.2. The summed E-state index contributed by atoms with van der Waals surface area (Å²) < 4.78 is 7.37. The molecule has 0 aliphatic heterocycles. The van der Waals surface area contributed by atoms with Crippen molar-refractivity contribution in [2.45, 2.75) is 37.5 Å². The molecule has 0 saturated heterocycles. The Morgan fingerprint density at radius 3 is 2.97 bits per heavy atom. The van der Waals surface area contributed by atoms with Crippen molar-refractivity contribution in [3.8, 4) is 5.75 Å². The third kappa shape index (κ3) is 4.04. The van der Waals surface area contributed by atoms with Crippen LogP contribution in [0.1, 0.15) is 35.7 Å². The first kappa shape index (κ1) is 21.0.